The monoisotopic (exact) mass is 257 g/mol. The lowest BCUT2D eigenvalue weighted by Crippen LogP contribution is -2.03. The number of carbonyl (C=O) groups excluding carboxylic acids is 1. The molecule has 0 aliphatic carbocycles. The van der Waals surface area contributed by atoms with E-state index in [0.29, 0.717) is 6.04 Å². The van der Waals surface area contributed by atoms with E-state index in [0.717, 1.165) is 16.5 Å². The molecule has 0 atom stereocenters. The maximum atomic E-state index is 12.3. The van der Waals surface area contributed by atoms with Gasteiger partial charge in [-0.1, -0.05) is 0 Å². The fourth-order valence-electron chi connectivity index (χ4n) is 2.03. The fraction of sp³-hybridized carbons (Fsp3) is 0.333. The molecule has 0 saturated carbocycles. The molecule has 0 saturated heterocycles. The van der Waals surface area contributed by atoms with E-state index in [9.17, 15) is 4.79 Å². The fourth-order valence-corrected chi connectivity index (χ4v) is 2.03. The lowest BCUT2D eigenvalue weighted by molar-refractivity contribution is 0.104. The predicted octanol–water partition coefficient (Wildman–Crippen LogP) is 2.88. The number of allylic oxidation sites excluding steroid dienone is 1. The van der Waals surface area contributed by atoms with Crippen molar-refractivity contribution in [3.05, 3.63) is 42.5 Å². The summed E-state index contributed by atoms with van der Waals surface area (Å²) in [5, 5.41) is 0.956. The Kier molecular flexibility index (Phi) is 3.69. The number of pyridine rings is 1. The van der Waals surface area contributed by atoms with Crippen LogP contribution in [0.5, 0.6) is 0 Å². The normalized spacial score (nSPS) is 11.6. The Labute approximate surface area is 113 Å². The van der Waals surface area contributed by atoms with Crippen LogP contribution in [0.15, 0.2) is 36.9 Å². The maximum absolute atomic E-state index is 12.3. The molecule has 0 aliphatic heterocycles. The van der Waals surface area contributed by atoms with Crippen LogP contribution >= 0.6 is 0 Å². The van der Waals surface area contributed by atoms with Gasteiger partial charge in [-0.3, -0.25) is 9.78 Å². The third-order valence-corrected chi connectivity index (χ3v) is 2.98. The molecule has 2 rings (SSSR count). The Hall–Kier alpha value is -2.10. The van der Waals surface area contributed by atoms with Gasteiger partial charge in [0.2, 0.25) is 0 Å². The van der Waals surface area contributed by atoms with Gasteiger partial charge in [-0.15, -0.1) is 0 Å². The number of ketones is 1. The van der Waals surface area contributed by atoms with E-state index in [2.05, 4.69) is 23.4 Å². The molecule has 0 aliphatic rings. The first-order valence-corrected chi connectivity index (χ1v) is 6.34. The van der Waals surface area contributed by atoms with Gasteiger partial charge in [0.1, 0.15) is 0 Å². The third kappa shape index (κ3) is 2.67. The lowest BCUT2D eigenvalue weighted by Gasteiger charge is -2.07. The van der Waals surface area contributed by atoms with Gasteiger partial charge in [0.05, 0.1) is 11.7 Å². The van der Waals surface area contributed by atoms with Crippen LogP contribution in [0.4, 0.5) is 0 Å². The Morgan fingerprint density at radius 2 is 2.16 bits per heavy atom. The van der Waals surface area contributed by atoms with Gasteiger partial charge in [-0.25, -0.2) is 0 Å². The summed E-state index contributed by atoms with van der Waals surface area (Å²) in [7, 11) is 3.79. The van der Waals surface area contributed by atoms with Crippen LogP contribution in [0.3, 0.4) is 0 Å². The Balaban J connectivity index is 2.52. The van der Waals surface area contributed by atoms with Crippen LogP contribution in [0, 0.1) is 0 Å². The second kappa shape index (κ2) is 5.26. The van der Waals surface area contributed by atoms with Gasteiger partial charge in [0.25, 0.3) is 0 Å². The Bertz CT molecular complexity index is 623. The number of carbonyl (C=O) groups is 1. The number of fused-ring (bicyclic) bond motifs is 1. The summed E-state index contributed by atoms with van der Waals surface area (Å²) in [5.74, 6) is 0.0179. The van der Waals surface area contributed by atoms with Gasteiger partial charge >= 0.3 is 0 Å². The maximum Gasteiger partial charge on any atom is 0.189 e. The molecule has 0 amide bonds. The van der Waals surface area contributed by atoms with E-state index in [4.69, 9.17) is 0 Å². The van der Waals surface area contributed by atoms with Crippen molar-refractivity contribution < 1.29 is 4.79 Å². The summed E-state index contributed by atoms with van der Waals surface area (Å²) >= 11 is 0. The van der Waals surface area contributed by atoms with Gasteiger partial charge < -0.3 is 9.47 Å². The Morgan fingerprint density at radius 3 is 2.79 bits per heavy atom. The molecule has 4 nitrogen and oxygen atoms in total. The molecule has 19 heavy (non-hydrogen) atoms. The minimum Gasteiger partial charge on any atom is -0.383 e. The average Bonchev–Trinajstić information content (AvgIpc) is 2.75. The summed E-state index contributed by atoms with van der Waals surface area (Å²) in [6.45, 7) is 4.19. The van der Waals surface area contributed by atoms with Crippen molar-refractivity contribution in [2.24, 2.45) is 0 Å². The van der Waals surface area contributed by atoms with E-state index >= 15 is 0 Å². The van der Waals surface area contributed by atoms with Crippen molar-refractivity contribution in [1.29, 1.82) is 0 Å². The summed E-state index contributed by atoms with van der Waals surface area (Å²) in [5.41, 5.74) is 1.73. The first-order chi connectivity index (χ1) is 9.00. The van der Waals surface area contributed by atoms with E-state index in [-0.39, 0.29) is 5.78 Å². The molecule has 2 aromatic rings. The molecule has 0 aromatic carbocycles. The van der Waals surface area contributed by atoms with E-state index < -0.39 is 0 Å². The van der Waals surface area contributed by atoms with Gasteiger partial charge in [0, 0.05) is 55.8 Å². The number of nitrogens with zero attached hydrogens (tertiary/aromatic N) is 3. The first kappa shape index (κ1) is 13.3. The molecule has 0 unspecified atom stereocenters. The predicted molar refractivity (Wildman–Crippen MR) is 77.3 cm³/mol. The molecular formula is C15H19N3O. The summed E-state index contributed by atoms with van der Waals surface area (Å²) in [6.07, 6.45) is 8.81. The lowest BCUT2D eigenvalue weighted by atomic mass is 10.1. The standard InChI is InChI=1S/C15H19N3O/c1-11(2)18-10-13(15(19)6-8-17(3)4)12-5-7-16-9-14(12)18/h5-11H,1-4H3. The van der Waals surface area contributed by atoms with Crippen molar-refractivity contribution in [1.82, 2.24) is 14.5 Å². The minimum absolute atomic E-state index is 0.0179. The van der Waals surface area contributed by atoms with Crippen molar-refractivity contribution in [2.45, 2.75) is 19.9 Å². The van der Waals surface area contributed by atoms with Crippen molar-refractivity contribution in [3.8, 4) is 0 Å². The molecule has 4 heteroatoms. The van der Waals surface area contributed by atoms with Crippen LogP contribution in [0.1, 0.15) is 30.2 Å². The van der Waals surface area contributed by atoms with E-state index in [1.165, 1.54) is 0 Å². The first-order valence-electron chi connectivity index (χ1n) is 6.34. The minimum atomic E-state index is 0.0179. The highest BCUT2D eigenvalue weighted by Crippen LogP contribution is 2.24. The van der Waals surface area contributed by atoms with Crippen molar-refractivity contribution in [2.75, 3.05) is 14.1 Å². The van der Waals surface area contributed by atoms with Crippen LogP contribution in [0.2, 0.25) is 0 Å². The number of rotatable bonds is 4. The summed E-state index contributed by atoms with van der Waals surface area (Å²) in [4.78, 5) is 18.2. The van der Waals surface area contributed by atoms with Crippen molar-refractivity contribution in [3.63, 3.8) is 0 Å². The average molecular weight is 257 g/mol. The molecule has 0 spiro atoms. The second-order valence-electron chi connectivity index (χ2n) is 5.08. The van der Waals surface area contributed by atoms with Crippen LogP contribution < -0.4 is 0 Å². The number of hydrogen-bond acceptors (Lipinski definition) is 3. The SMILES string of the molecule is CC(C)n1cc(C(=O)C=CN(C)C)c2ccncc21. The van der Waals surface area contributed by atoms with Crippen molar-refractivity contribution >= 4 is 16.7 Å². The largest absolute Gasteiger partial charge is 0.383 e. The number of hydrogen-bond donors (Lipinski definition) is 0. The molecule has 2 aromatic heterocycles. The highest BCUT2D eigenvalue weighted by atomic mass is 16.1. The summed E-state index contributed by atoms with van der Waals surface area (Å²) in [6, 6.07) is 2.19. The molecule has 0 bridgehead atoms. The highest BCUT2D eigenvalue weighted by Gasteiger charge is 2.14. The molecule has 100 valence electrons. The molecular weight excluding hydrogens is 238 g/mol. The highest BCUT2D eigenvalue weighted by molar-refractivity contribution is 6.13. The van der Waals surface area contributed by atoms with Gasteiger partial charge in [0.15, 0.2) is 5.78 Å². The van der Waals surface area contributed by atoms with Crippen LogP contribution in [-0.4, -0.2) is 34.3 Å². The smallest absolute Gasteiger partial charge is 0.189 e. The van der Waals surface area contributed by atoms with Gasteiger partial charge in [-0.2, -0.15) is 0 Å². The Morgan fingerprint density at radius 1 is 1.42 bits per heavy atom. The van der Waals surface area contributed by atoms with E-state index in [1.807, 2.05) is 37.5 Å². The molecule has 0 fully saturated rings. The third-order valence-electron chi connectivity index (χ3n) is 2.98. The summed E-state index contributed by atoms with van der Waals surface area (Å²) < 4.78 is 2.08. The molecule has 2 heterocycles. The van der Waals surface area contributed by atoms with Crippen LogP contribution in [0.25, 0.3) is 10.9 Å². The zero-order valence-electron chi connectivity index (χ0n) is 11.8. The second-order valence-corrected chi connectivity index (χ2v) is 5.08. The zero-order valence-corrected chi connectivity index (χ0v) is 11.8. The zero-order chi connectivity index (χ0) is 14.0. The van der Waals surface area contributed by atoms with Crippen LogP contribution in [-0.2, 0) is 0 Å². The van der Waals surface area contributed by atoms with Gasteiger partial charge in [-0.05, 0) is 19.9 Å². The molecule has 0 radical (unpaired) electrons. The quantitative estimate of drug-likeness (QED) is 0.624. The number of aromatic nitrogens is 2. The van der Waals surface area contributed by atoms with E-state index in [1.54, 1.807) is 18.5 Å². The molecule has 0 N–H and O–H groups in total. The topological polar surface area (TPSA) is 38.1 Å².